The topological polar surface area (TPSA) is 125 Å². The van der Waals surface area contributed by atoms with E-state index in [1.165, 1.54) is 44.9 Å². The summed E-state index contributed by atoms with van der Waals surface area (Å²) < 4.78 is 23.4. The molecule has 0 saturated heterocycles. The third-order valence-corrected chi connectivity index (χ3v) is 9.22. The second-order valence-electron chi connectivity index (χ2n) is 14.5. The third kappa shape index (κ3) is 36.4. The first-order chi connectivity index (χ1) is 25.4. The van der Waals surface area contributed by atoms with Gasteiger partial charge in [0.1, 0.15) is 13.2 Å². The van der Waals surface area contributed by atoms with Crippen LogP contribution >= 0.6 is 7.82 Å². The predicted octanol–water partition coefficient (Wildman–Crippen LogP) is 9.60. The van der Waals surface area contributed by atoms with Crippen molar-refractivity contribution in [3.63, 3.8) is 0 Å². The second-order valence-corrected chi connectivity index (χ2v) is 15.9. The molecule has 0 aromatic carbocycles. The van der Waals surface area contributed by atoms with Crippen LogP contribution in [0.2, 0.25) is 0 Å². The van der Waals surface area contributed by atoms with Gasteiger partial charge in [0.2, 0.25) is 5.91 Å². The molecule has 9 nitrogen and oxygen atoms in total. The van der Waals surface area contributed by atoms with Gasteiger partial charge in [-0.25, -0.2) is 4.57 Å². The molecule has 10 heteroatoms. The summed E-state index contributed by atoms with van der Waals surface area (Å²) in [6.45, 7) is 4.45. The molecule has 4 N–H and O–H groups in total. The van der Waals surface area contributed by atoms with Crippen LogP contribution in [-0.2, 0) is 18.4 Å². The molecule has 304 valence electrons. The number of hydrogen-bond donors (Lipinski definition) is 4. The molecule has 0 rings (SSSR count). The van der Waals surface area contributed by atoms with E-state index < -0.39 is 38.6 Å². The van der Waals surface area contributed by atoms with Gasteiger partial charge in [0.05, 0.1) is 46.0 Å². The molecule has 0 aromatic heterocycles. The minimum absolute atomic E-state index is 0.000657. The van der Waals surface area contributed by atoms with Gasteiger partial charge in [-0.15, -0.1) is 0 Å². The highest BCUT2D eigenvalue weighted by Gasteiger charge is 2.28. The monoisotopic (exact) mass is 764 g/mol. The number of unbranched alkanes of at least 4 members (excludes halogenated alkanes) is 9. The van der Waals surface area contributed by atoms with Crippen LogP contribution in [0.5, 0.6) is 0 Å². The van der Waals surface area contributed by atoms with E-state index in [0.717, 1.165) is 51.4 Å². The average Bonchev–Trinajstić information content (AvgIpc) is 3.10. The Morgan fingerprint density at radius 3 is 1.83 bits per heavy atom. The smallest absolute Gasteiger partial charge is 0.389 e. The highest BCUT2D eigenvalue weighted by atomic mass is 31.2. The van der Waals surface area contributed by atoms with Crippen molar-refractivity contribution in [1.29, 1.82) is 0 Å². The van der Waals surface area contributed by atoms with E-state index in [1.807, 2.05) is 39.4 Å². The fourth-order valence-corrected chi connectivity index (χ4v) is 5.70. The summed E-state index contributed by atoms with van der Waals surface area (Å²) in [6, 6.07) is -0.974. The average molecular weight is 764 g/mol. The summed E-state index contributed by atoms with van der Waals surface area (Å²) in [7, 11) is 1.41. The Hall–Kier alpha value is -2.36. The molecule has 0 aliphatic rings. The maximum Gasteiger partial charge on any atom is 0.472 e. The normalized spacial score (nSPS) is 16.0. The number of nitrogens with one attached hydrogen (secondary N) is 1. The molecule has 53 heavy (non-hydrogen) atoms. The van der Waals surface area contributed by atoms with E-state index >= 15 is 0 Å². The maximum absolute atomic E-state index is 12.8. The van der Waals surface area contributed by atoms with Crippen LogP contribution in [-0.4, -0.2) is 84.6 Å². The molecule has 4 atom stereocenters. The second kappa shape index (κ2) is 34.2. The van der Waals surface area contributed by atoms with Gasteiger partial charge in [-0.05, 0) is 51.4 Å². The van der Waals surface area contributed by atoms with Crippen molar-refractivity contribution in [3.05, 3.63) is 85.1 Å². The minimum Gasteiger partial charge on any atom is -0.389 e. The number of phosphoric acid groups is 1. The van der Waals surface area contributed by atoms with Gasteiger partial charge in [0.25, 0.3) is 0 Å². The number of rotatable bonds is 34. The van der Waals surface area contributed by atoms with Crippen molar-refractivity contribution in [3.8, 4) is 0 Å². The van der Waals surface area contributed by atoms with Gasteiger partial charge in [0.15, 0.2) is 0 Å². The van der Waals surface area contributed by atoms with Gasteiger partial charge in [-0.1, -0.05) is 150 Å². The SMILES string of the molecule is CC/C=C\C/C=C\C/C=C\C/C=C\C/C=C\C=C/C(O)CCC(=O)N[C@@H](COP(=O)(O)OCC[N+](C)(C)C)[C@H](O)/C=C/CCCCCCCCCCC. The van der Waals surface area contributed by atoms with Crippen LogP contribution in [0.3, 0.4) is 0 Å². The molecule has 0 radical (unpaired) electrons. The predicted molar refractivity (Wildman–Crippen MR) is 222 cm³/mol. The molecule has 0 heterocycles. The fourth-order valence-electron chi connectivity index (χ4n) is 4.97. The molecular formula is C43H76N2O7P+. The highest BCUT2D eigenvalue weighted by Crippen LogP contribution is 2.43. The lowest BCUT2D eigenvalue weighted by Gasteiger charge is -2.25. The molecular weight excluding hydrogens is 687 g/mol. The number of aliphatic hydroxyl groups is 2. The zero-order valence-electron chi connectivity index (χ0n) is 33.8. The summed E-state index contributed by atoms with van der Waals surface area (Å²) in [5, 5.41) is 24.0. The number of hydrogen-bond acceptors (Lipinski definition) is 6. The molecule has 0 saturated carbocycles. The van der Waals surface area contributed by atoms with Crippen molar-refractivity contribution in [2.75, 3.05) is 40.9 Å². The van der Waals surface area contributed by atoms with Crippen molar-refractivity contribution >= 4 is 13.7 Å². The van der Waals surface area contributed by atoms with Crippen LogP contribution in [0.25, 0.3) is 0 Å². The van der Waals surface area contributed by atoms with Crippen molar-refractivity contribution in [1.82, 2.24) is 5.32 Å². The van der Waals surface area contributed by atoms with Gasteiger partial charge >= 0.3 is 7.82 Å². The fraction of sp³-hybridized carbons (Fsp3) is 0.651. The molecule has 0 bridgehead atoms. The molecule has 0 fully saturated rings. The Kier molecular flexibility index (Phi) is 32.6. The zero-order chi connectivity index (χ0) is 39.5. The largest absolute Gasteiger partial charge is 0.472 e. The Bertz CT molecular complexity index is 1150. The number of quaternary nitrogens is 1. The summed E-state index contributed by atoms with van der Waals surface area (Å²) in [5.74, 6) is -0.411. The Morgan fingerprint density at radius 2 is 1.26 bits per heavy atom. The highest BCUT2D eigenvalue weighted by molar-refractivity contribution is 7.47. The van der Waals surface area contributed by atoms with Gasteiger partial charge in [0, 0.05) is 6.42 Å². The van der Waals surface area contributed by atoms with E-state index in [9.17, 15) is 24.5 Å². The number of likely N-dealkylation sites (N-methyl/N-ethyl adjacent to an activating group) is 1. The molecule has 0 spiro atoms. The third-order valence-electron chi connectivity index (χ3n) is 8.24. The van der Waals surface area contributed by atoms with Crippen LogP contribution < -0.4 is 5.32 Å². The number of aliphatic hydroxyl groups excluding tert-OH is 2. The van der Waals surface area contributed by atoms with E-state index in [0.29, 0.717) is 11.0 Å². The summed E-state index contributed by atoms with van der Waals surface area (Å²) in [4.78, 5) is 23.0. The lowest BCUT2D eigenvalue weighted by Crippen LogP contribution is -2.45. The van der Waals surface area contributed by atoms with E-state index in [-0.39, 0.29) is 19.4 Å². The van der Waals surface area contributed by atoms with E-state index in [1.54, 1.807) is 18.2 Å². The minimum atomic E-state index is -4.40. The van der Waals surface area contributed by atoms with Crippen LogP contribution in [0.1, 0.15) is 123 Å². The van der Waals surface area contributed by atoms with E-state index in [4.69, 9.17) is 9.05 Å². The maximum atomic E-state index is 12.8. The Balaban J connectivity index is 4.76. The molecule has 2 unspecified atom stereocenters. The summed E-state index contributed by atoms with van der Waals surface area (Å²) in [5.41, 5.74) is 0. The van der Waals surface area contributed by atoms with Crippen molar-refractivity contribution in [2.45, 2.75) is 141 Å². The quantitative estimate of drug-likeness (QED) is 0.0169. The first-order valence-corrected chi connectivity index (χ1v) is 21.6. The van der Waals surface area contributed by atoms with Crippen molar-refractivity contribution < 1.29 is 38.0 Å². The first kappa shape index (κ1) is 50.6. The number of amides is 1. The number of carbonyl (C=O) groups is 1. The first-order valence-electron chi connectivity index (χ1n) is 20.1. The number of phosphoric ester groups is 1. The Morgan fingerprint density at radius 1 is 0.717 bits per heavy atom. The van der Waals surface area contributed by atoms with Crippen LogP contribution in [0.4, 0.5) is 0 Å². The number of carbonyl (C=O) groups excluding carboxylic acids is 1. The zero-order valence-corrected chi connectivity index (χ0v) is 34.7. The lowest BCUT2D eigenvalue weighted by molar-refractivity contribution is -0.870. The van der Waals surface area contributed by atoms with E-state index in [2.05, 4.69) is 67.8 Å². The molecule has 1 amide bonds. The Labute approximate surface area is 323 Å². The summed E-state index contributed by atoms with van der Waals surface area (Å²) >= 11 is 0. The van der Waals surface area contributed by atoms with Crippen LogP contribution in [0.15, 0.2) is 85.1 Å². The molecule has 0 aliphatic carbocycles. The van der Waals surface area contributed by atoms with Gasteiger partial charge in [-0.3, -0.25) is 13.8 Å². The number of nitrogens with zero attached hydrogens (tertiary/aromatic N) is 1. The van der Waals surface area contributed by atoms with Crippen LogP contribution in [0, 0.1) is 0 Å². The van der Waals surface area contributed by atoms with Gasteiger partial charge < -0.3 is 24.9 Å². The van der Waals surface area contributed by atoms with Gasteiger partial charge in [-0.2, -0.15) is 0 Å². The molecule has 0 aromatic rings. The standard InChI is InChI=1S/C43H75N2O7P/c1-6-8-10-12-14-16-18-19-20-21-22-24-25-27-29-31-33-40(46)35-36-43(48)44-41(39-52-53(49,50)51-38-37-45(3,4)5)42(47)34-32-30-28-26-23-17-15-13-11-9-7-2/h8,10,14,16,19-20,22,24,27,29,31-34,40-42,46-47H,6-7,9,11-13,15,17-18,21,23,25-26,28,30,35-39H2,1-5H3,(H-,44,48,49,50)/p+1/b10-8-,16-14-,20-19-,24-22-,29-27-,33-31-,34-32+/t40?,41-,42+/m0/s1. The number of allylic oxidation sites excluding steroid dienone is 12. The molecule has 0 aliphatic heterocycles. The lowest BCUT2D eigenvalue weighted by atomic mass is 10.1. The summed E-state index contributed by atoms with van der Waals surface area (Å²) in [6.07, 6.45) is 42.6. The van der Waals surface area contributed by atoms with Crippen molar-refractivity contribution in [2.24, 2.45) is 0 Å².